The lowest BCUT2D eigenvalue weighted by Crippen LogP contribution is -2.34. The lowest BCUT2D eigenvalue weighted by atomic mass is 10.3. The maximum atomic E-state index is 11.0. The minimum Gasteiger partial charge on any atom is -0.288 e. The van der Waals surface area contributed by atoms with Crippen molar-refractivity contribution in [2.24, 2.45) is 0 Å². The summed E-state index contributed by atoms with van der Waals surface area (Å²) in [5, 5.41) is 0. The van der Waals surface area contributed by atoms with Gasteiger partial charge >= 0.3 is 0 Å². The van der Waals surface area contributed by atoms with E-state index in [1.165, 1.54) is 6.20 Å². The molecule has 58 valence electrons. The van der Waals surface area contributed by atoms with Gasteiger partial charge in [-0.1, -0.05) is 0 Å². The molecule has 0 fully saturated rings. The molecule has 0 bridgehead atoms. The Morgan fingerprint density at radius 3 is 3.00 bits per heavy atom. The van der Waals surface area contributed by atoms with E-state index in [2.05, 4.69) is 15.8 Å². The van der Waals surface area contributed by atoms with Crippen LogP contribution >= 0.6 is 0 Å². The topological polar surface area (TPSA) is 54.0 Å². The van der Waals surface area contributed by atoms with E-state index in [0.29, 0.717) is 5.56 Å². The minimum atomic E-state index is -0.180. The van der Waals surface area contributed by atoms with E-state index in [9.17, 15) is 4.79 Å². The van der Waals surface area contributed by atoms with Gasteiger partial charge in [0.2, 0.25) is 0 Å². The predicted octanol–water partition coefficient (Wildman–Crippen LogP) is -0.0542. The molecule has 0 aromatic carbocycles. The van der Waals surface area contributed by atoms with Crippen LogP contribution in [0.1, 0.15) is 10.4 Å². The fraction of sp³-hybridized carbons (Fsp3) is 0.143. The van der Waals surface area contributed by atoms with Crippen molar-refractivity contribution >= 4 is 5.91 Å². The van der Waals surface area contributed by atoms with E-state index in [-0.39, 0.29) is 5.91 Å². The highest BCUT2D eigenvalue weighted by atomic mass is 16.2. The van der Waals surface area contributed by atoms with Gasteiger partial charge in [-0.05, 0) is 12.1 Å². The van der Waals surface area contributed by atoms with Gasteiger partial charge in [-0.3, -0.25) is 15.2 Å². The summed E-state index contributed by atoms with van der Waals surface area (Å²) in [5.74, 6) is -0.180. The van der Waals surface area contributed by atoms with E-state index in [4.69, 9.17) is 0 Å². The van der Waals surface area contributed by atoms with Crippen molar-refractivity contribution in [3.8, 4) is 0 Å². The molecule has 0 aliphatic carbocycles. The molecule has 0 saturated carbocycles. The van der Waals surface area contributed by atoms with Gasteiger partial charge in [0.1, 0.15) is 0 Å². The second-order valence-corrected chi connectivity index (χ2v) is 1.95. The lowest BCUT2D eigenvalue weighted by Gasteiger charge is -2.00. The summed E-state index contributed by atoms with van der Waals surface area (Å²) in [4.78, 5) is 14.8. The Kier molecular flexibility index (Phi) is 2.57. The van der Waals surface area contributed by atoms with E-state index >= 15 is 0 Å². The second kappa shape index (κ2) is 3.68. The number of pyridine rings is 1. The molecular weight excluding hydrogens is 142 g/mol. The van der Waals surface area contributed by atoms with Crippen molar-refractivity contribution in [3.63, 3.8) is 0 Å². The van der Waals surface area contributed by atoms with Gasteiger partial charge in [0, 0.05) is 19.4 Å². The number of hydrazine groups is 1. The summed E-state index contributed by atoms with van der Waals surface area (Å²) in [6, 6.07) is 3.41. The zero-order chi connectivity index (χ0) is 8.10. The van der Waals surface area contributed by atoms with Crippen molar-refractivity contribution in [1.82, 2.24) is 15.8 Å². The first-order valence-electron chi connectivity index (χ1n) is 3.21. The van der Waals surface area contributed by atoms with Crippen LogP contribution < -0.4 is 10.9 Å². The van der Waals surface area contributed by atoms with Crippen molar-refractivity contribution < 1.29 is 4.79 Å². The maximum Gasteiger partial charge on any atom is 0.266 e. The largest absolute Gasteiger partial charge is 0.288 e. The molecule has 2 N–H and O–H groups in total. The second-order valence-electron chi connectivity index (χ2n) is 1.95. The van der Waals surface area contributed by atoms with E-state index in [1.54, 1.807) is 25.4 Å². The summed E-state index contributed by atoms with van der Waals surface area (Å²) in [6.07, 6.45) is 3.13. The van der Waals surface area contributed by atoms with Gasteiger partial charge in [-0.15, -0.1) is 0 Å². The monoisotopic (exact) mass is 151 g/mol. The number of carbonyl (C=O) groups is 1. The first kappa shape index (κ1) is 7.68. The average Bonchev–Trinajstić information content (AvgIpc) is 2.07. The molecule has 0 unspecified atom stereocenters. The van der Waals surface area contributed by atoms with Gasteiger partial charge < -0.3 is 0 Å². The smallest absolute Gasteiger partial charge is 0.266 e. The van der Waals surface area contributed by atoms with E-state index < -0.39 is 0 Å². The normalized spacial score (nSPS) is 9.18. The maximum absolute atomic E-state index is 11.0. The molecule has 1 amide bonds. The third-order valence-corrected chi connectivity index (χ3v) is 1.16. The molecule has 1 aromatic rings. The van der Waals surface area contributed by atoms with Crippen LogP contribution in [0.5, 0.6) is 0 Å². The highest BCUT2D eigenvalue weighted by Gasteiger charge is 2.00. The Morgan fingerprint density at radius 2 is 2.45 bits per heavy atom. The Morgan fingerprint density at radius 1 is 1.64 bits per heavy atom. The molecule has 0 atom stereocenters. The first-order chi connectivity index (χ1) is 5.34. The zero-order valence-corrected chi connectivity index (χ0v) is 6.16. The molecule has 1 rings (SSSR count). The molecule has 4 heteroatoms. The molecule has 11 heavy (non-hydrogen) atoms. The predicted molar refractivity (Wildman–Crippen MR) is 40.8 cm³/mol. The quantitative estimate of drug-likeness (QED) is 0.582. The van der Waals surface area contributed by atoms with Crippen LogP contribution in [0.25, 0.3) is 0 Å². The summed E-state index contributed by atoms with van der Waals surface area (Å²) in [5.41, 5.74) is 5.51. The molecule has 1 aromatic heterocycles. The van der Waals surface area contributed by atoms with Crippen molar-refractivity contribution in [1.29, 1.82) is 0 Å². The molecule has 0 aliphatic rings. The number of hydrogen-bond donors (Lipinski definition) is 2. The molecule has 0 radical (unpaired) electrons. The molecule has 1 heterocycles. The van der Waals surface area contributed by atoms with Crippen LogP contribution in [0.2, 0.25) is 0 Å². The Balaban J connectivity index is 2.69. The first-order valence-corrected chi connectivity index (χ1v) is 3.21. The van der Waals surface area contributed by atoms with E-state index in [1.807, 2.05) is 0 Å². The van der Waals surface area contributed by atoms with Gasteiger partial charge in [0.25, 0.3) is 5.91 Å². The minimum absolute atomic E-state index is 0.180. The molecule has 0 saturated heterocycles. The SMILES string of the molecule is CNNC(=O)c1cccnc1. The van der Waals surface area contributed by atoms with Gasteiger partial charge in [-0.25, -0.2) is 5.43 Å². The summed E-state index contributed by atoms with van der Waals surface area (Å²) >= 11 is 0. The number of nitrogens with one attached hydrogen (secondary N) is 2. The Hall–Kier alpha value is -1.42. The van der Waals surface area contributed by atoms with Crippen LogP contribution in [0.3, 0.4) is 0 Å². The molecular formula is C7H9N3O. The van der Waals surface area contributed by atoms with Gasteiger partial charge in [0.15, 0.2) is 0 Å². The number of carbonyl (C=O) groups excluding carboxylic acids is 1. The van der Waals surface area contributed by atoms with Crippen LogP contribution in [-0.4, -0.2) is 17.9 Å². The lowest BCUT2D eigenvalue weighted by molar-refractivity contribution is 0.0937. The number of rotatable bonds is 2. The van der Waals surface area contributed by atoms with Crippen LogP contribution in [0, 0.1) is 0 Å². The average molecular weight is 151 g/mol. The summed E-state index contributed by atoms with van der Waals surface area (Å²) in [6.45, 7) is 0. The fourth-order valence-electron chi connectivity index (χ4n) is 0.683. The van der Waals surface area contributed by atoms with Crippen molar-refractivity contribution in [3.05, 3.63) is 30.1 Å². The molecule has 4 nitrogen and oxygen atoms in total. The fourth-order valence-corrected chi connectivity index (χ4v) is 0.683. The van der Waals surface area contributed by atoms with Crippen LogP contribution in [0.4, 0.5) is 0 Å². The standard InChI is InChI=1S/C7H9N3O/c1-8-10-7(11)6-3-2-4-9-5-6/h2-5,8H,1H3,(H,10,11). The molecule has 0 aliphatic heterocycles. The Labute approximate surface area is 64.6 Å². The van der Waals surface area contributed by atoms with Gasteiger partial charge in [0.05, 0.1) is 5.56 Å². The highest BCUT2D eigenvalue weighted by Crippen LogP contribution is 1.93. The van der Waals surface area contributed by atoms with Crippen LogP contribution in [-0.2, 0) is 0 Å². The summed E-state index contributed by atoms with van der Waals surface area (Å²) in [7, 11) is 1.63. The Bertz CT molecular complexity index is 235. The number of nitrogens with zero attached hydrogens (tertiary/aromatic N) is 1. The third-order valence-electron chi connectivity index (χ3n) is 1.16. The van der Waals surface area contributed by atoms with Crippen molar-refractivity contribution in [2.45, 2.75) is 0 Å². The van der Waals surface area contributed by atoms with E-state index in [0.717, 1.165) is 0 Å². The highest BCUT2D eigenvalue weighted by molar-refractivity contribution is 5.93. The van der Waals surface area contributed by atoms with Crippen molar-refractivity contribution in [2.75, 3.05) is 7.05 Å². The number of amides is 1. The summed E-state index contributed by atoms with van der Waals surface area (Å²) < 4.78 is 0. The molecule has 0 spiro atoms. The number of hydrogen-bond acceptors (Lipinski definition) is 3. The number of aromatic nitrogens is 1. The van der Waals surface area contributed by atoms with Crippen LogP contribution in [0.15, 0.2) is 24.5 Å². The van der Waals surface area contributed by atoms with Gasteiger partial charge in [-0.2, -0.15) is 0 Å². The third kappa shape index (κ3) is 2.01. The zero-order valence-electron chi connectivity index (χ0n) is 6.16.